The lowest BCUT2D eigenvalue weighted by Crippen LogP contribution is -2.47. The first-order valence-electron chi connectivity index (χ1n) is 10.9. The first-order chi connectivity index (χ1) is 14.3. The second-order valence-electron chi connectivity index (χ2n) is 8.49. The lowest BCUT2D eigenvalue weighted by molar-refractivity contribution is -0.123. The number of carbonyl (C=O) groups excluding carboxylic acids is 1. The second-order valence-corrected chi connectivity index (χ2v) is 8.49. The smallest absolute Gasteiger partial charge is 0.234 e. The van der Waals surface area contributed by atoms with Crippen LogP contribution in [0.5, 0.6) is 0 Å². The number of benzene rings is 2. The van der Waals surface area contributed by atoms with E-state index in [1.54, 1.807) is 0 Å². The first kappa shape index (κ1) is 20.1. The van der Waals surface area contributed by atoms with Crippen LogP contribution in [0.3, 0.4) is 0 Å². The molecule has 4 nitrogen and oxygen atoms in total. The number of nitrogens with zero attached hydrogens (tertiary/aromatic N) is 1. The van der Waals surface area contributed by atoms with E-state index in [0.29, 0.717) is 19.1 Å². The van der Waals surface area contributed by atoms with E-state index in [1.165, 1.54) is 24.0 Å². The molecule has 1 N–H and O–H groups in total. The van der Waals surface area contributed by atoms with Gasteiger partial charge in [-0.25, -0.2) is 0 Å². The molecular formula is C25H32N2O2. The van der Waals surface area contributed by atoms with Crippen molar-refractivity contribution in [2.45, 2.75) is 43.6 Å². The lowest BCUT2D eigenvalue weighted by Gasteiger charge is -2.38. The van der Waals surface area contributed by atoms with Crippen molar-refractivity contribution in [3.63, 3.8) is 0 Å². The molecule has 2 aromatic rings. The van der Waals surface area contributed by atoms with Crippen LogP contribution in [0.4, 0.5) is 0 Å². The molecule has 0 aromatic heterocycles. The highest BCUT2D eigenvalue weighted by Gasteiger charge is 2.35. The van der Waals surface area contributed by atoms with Crippen molar-refractivity contribution in [3.05, 3.63) is 71.8 Å². The summed E-state index contributed by atoms with van der Waals surface area (Å²) >= 11 is 0. The van der Waals surface area contributed by atoms with E-state index < -0.39 is 0 Å². The maximum atomic E-state index is 12.8. The Kier molecular flexibility index (Phi) is 6.63. The Morgan fingerprint density at radius 1 is 1.03 bits per heavy atom. The van der Waals surface area contributed by atoms with E-state index >= 15 is 0 Å². The summed E-state index contributed by atoms with van der Waals surface area (Å²) < 4.78 is 5.61. The van der Waals surface area contributed by atoms with Gasteiger partial charge in [0.25, 0.3) is 0 Å². The van der Waals surface area contributed by atoms with Gasteiger partial charge in [-0.05, 0) is 49.8 Å². The van der Waals surface area contributed by atoms with E-state index in [4.69, 9.17) is 4.74 Å². The predicted octanol–water partition coefficient (Wildman–Crippen LogP) is 3.56. The van der Waals surface area contributed by atoms with Gasteiger partial charge in [-0.2, -0.15) is 0 Å². The van der Waals surface area contributed by atoms with Gasteiger partial charge in [0.15, 0.2) is 0 Å². The van der Waals surface area contributed by atoms with Gasteiger partial charge in [-0.1, -0.05) is 60.7 Å². The summed E-state index contributed by atoms with van der Waals surface area (Å²) in [6.45, 7) is 3.73. The molecule has 0 spiro atoms. The van der Waals surface area contributed by atoms with Gasteiger partial charge < -0.3 is 10.1 Å². The quantitative estimate of drug-likeness (QED) is 0.783. The highest BCUT2D eigenvalue weighted by molar-refractivity contribution is 5.78. The molecule has 0 bridgehead atoms. The van der Waals surface area contributed by atoms with Crippen LogP contribution in [0.2, 0.25) is 0 Å². The Labute approximate surface area is 174 Å². The molecule has 2 aliphatic heterocycles. The van der Waals surface area contributed by atoms with Crippen molar-refractivity contribution >= 4 is 5.91 Å². The van der Waals surface area contributed by atoms with E-state index in [-0.39, 0.29) is 11.3 Å². The van der Waals surface area contributed by atoms with Crippen molar-refractivity contribution in [1.82, 2.24) is 10.2 Å². The van der Waals surface area contributed by atoms with Crippen LogP contribution in [0.15, 0.2) is 60.7 Å². The van der Waals surface area contributed by atoms with Gasteiger partial charge in [-0.3, -0.25) is 9.69 Å². The summed E-state index contributed by atoms with van der Waals surface area (Å²) in [4.78, 5) is 15.2. The van der Waals surface area contributed by atoms with E-state index in [2.05, 4.69) is 70.9 Å². The van der Waals surface area contributed by atoms with Gasteiger partial charge in [-0.15, -0.1) is 0 Å². The van der Waals surface area contributed by atoms with Crippen molar-refractivity contribution in [3.8, 4) is 0 Å². The van der Waals surface area contributed by atoms with Gasteiger partial charge in [0.05, 0.1) is 6.54 Å². The Hall–Kier alpha value is -2.17. The Bertz CT molecular complexity index is 772. The van der Waals surface area contributed by atoms with E-state index in [1.807, 2.05) is 0 Å². The highest BCUT2D eigenvalue weighted by Crippen LogP contribution is 2.34. The van der Waals surface area contributed by atoms with Gasteiger partial charge in [0.2, 0.25) is 5.91 Å². The van der Waals surface area contributed by atoms with Crippen LogP contribution in [-0.2, 0) is 21.4 Å². The third kappa shape index (κ3) is 5.06. The summed E-state index contributed by atoms with van der Waals surface area (Å²) in [7, 11) is 0. The zero-order valence-electron chi connectivity index (χ0n) is 17.2. The summed E-state index contributed by atoms with van der Waals surface area (Å²) in [5.74, 6) is 0.145. The van der Waals surface area contributed by atoms with Gasteiger partial charge in [0, 0.05) is 31.2 Å². The number of nitrogens with one attached hydrogen (secondary N) is 1. The number of likely N-dealkylation sites (tertiary alicyclic amines) is 1. The van der Waals surface area contributed by atoms with Crippen molar-refractivity contribution in [2.75, 3.05) is 32.8 Å². The maximum Gasteiger partial charge on any atom is 0.234 e. The standard InChI is InChI=1S/C25H32N2O2/c28-24(19-27-15-7-12-23(27)18-21-8-3-1-4-9-21)26-20-25(13-16-29-17-14-25)22-10-5-2-6-11-22/h1-6,8-11,23H,7,12-20H2,(H,26,28)/t23-/m1/s1. The fourth-order valence-corrected chi connectivity index (χ4v) is 4.85. The molecule has 1 amide bonds. The molecule has 29 heavy (non-hydrogen) atoms. The van der Waals surface area contributed by atoms with Crippen LogP contribution in [0.25, 0.3) is 0 Å². The molecule has 0 radical (unpaired) electrons. The van der Waals surface area contributed by atoms with Crippen LogP contribution >= 0.6 is 0 Å². The molecule has 4 rings (SSSR count). The summed E-state index contributed by atoms with van der Waals surface area (Å²) in [5, 5.41) is 3.27. The molecule has 0 saturated carbocycles. The number of ether oxygens (including phenoxy) is 1. The normalized spacial score (nSPS) is 21.7. The first-order valence-corrected chi connectivity index (χ1v) is 10.9. The highest BCUT2D eigenvalue weighted by atomic mass is 16.5. The molecule has 0 aliphatic carbocycles. The molecule has 2 saturated heterocycles. The minimum absolute atomic E-state index is 0.0103. The second kappa shape index (κ2) is 9.55. The Morgan fingerprint density at radius 3 is 2.45 bits per heavy atom. The fourth-order valence-electron chi connectivity index (χ4n) is 4.85. The fraction of sp³-hybridized carbons (Fsp3) is 0.480. The topological polar surface area (TPSA) is 41.6 Å². The number of hydrogen-bond donors (Lipinski definition) is 1. The molecular weight excluding hydrogens is 360 g/mol. The average molecular weight is 393 g/mol. The maximum absolute atomic E-state index is 12.8. The third-order valence-electron chi connectivity index (χ3n) is 6.62. The molecule has 1 atom stereocenters. The van der Waals surface area contributed by atoms with Crippen LogP contribution in [0.1, 0.15) is 36.8 Å². The number of carbonyl (C=O) groups is 1. The molecule has 2 aliphatic rings. The Morgan fingerprint density at radius 2 is 1.72 bits per heavy atom. The number of hydrogen-bond acceptors (Lipinski definition) is 3. The lowest BCUT2D eigenvalue weighted by atomic mass is 9.74. The minimum Gasteiger partial charge on any atom is -0.381 e. The molecule has 2 aromatic carbocycles. The van der Waals surface area contributed by atoms with Crippen molar-refractivity contribution in [2.24, 2.45) is 0 Å². The minimum atomic E-state index is -0.0103. The zero-order chi connectivity index (χ0) is 19.9. The Balaban J connectivity index is 1.35. The van der Waals surface area contributed by atoms with E-state index in [9.17, 15) is 4.79 Å². The third-order valence-corrected chi connectivity index (χ3v) is 6.62. The zero-order valence-corrected chi connectivity index (χ0v) is 17.2. The average Bonchev–Trinajstić information content (AvgIpc) is 3.20. The van der Waals surface area contributed by atoms with Gasteiger partial charge >= 0.3 is 0 Å². The molecule has 2 fully saturated rings. The summed E-state index contributed by atoms with van der Waals surface area (Å²) in [5.41, 5.74) is 2.66. The monoisotopic (exact) mass is 392 g/mol. The van der Waals surface area contributed by atoms with Crippen molar-refractivity contribution in [1.29, 1.82) is 0 Å². The molecule has 2 heterocycles. The predicted molar refractivity (Wildman–Crippen MR) is 116 cm³/mol. The summed E-state index contributed by atoms with van der Waals surface area (Å²) in [6.07, 6.45) is 5.29. The molecule has 154 valence electrons. The number of rotatable bonds is 7. The molecule has 4 heteroatoms. The van der Waals surface area contributed by atoms with Crippen molar-refractivity contribution < 1.29 is 9.53 Å². The van der Waals surface area contributed by atoms with Crippen LogP contribution in [-0.4, -0.2) is 49.7 Å². The van der Waals surface area contributed by atoms with Crippen LogP contribution < -0.4 is 5.32 Å². The van der Waals surface area contributed by atoms with E-state index in [0.717, 1.165) is 39.0 Å². The van der Waals surface area contributed by atoms with Crippen LogP contribution in [0, 0.1) is 0 Å². The molecule has 0 unspecified atom stereocenters. The number of amides is 1. The van der Waals surface area contributed by atoms with Gasteiger partial charge in [0.1, 0.15) is 0 Å². The summed E-state index contributed by atoms with van der Waals surface area (Å²) in [6, 6.07) is 21.7. The largest absolute Gasteiger partial charge is 0.381 e. The SMILES string of the molecule is O=C(CN1CCC[C@@H]1Cc1ccccc1)NCC1(c2ccccc2)CCOCC1.